The molecule has 0 fully saturated rings. The Morgan fingerprint density at radius 2 is 2.28 bits per heavy atom. The topological polar surface area (TPSA) is 78.9 Å². The lowest BCUT2D eigenvalue weighted by atomic mass is 10.1. The summed E-state index contributed by atoms with van der Waals surface area (Å²) in [5.41, 5.74) is 6.38. The molecule has 1 aromatic heterocycles. The number of halogens is 1. The van der Waals surface area contributed by atoms with E-state index in [0.29, 0.717) is 5.82 Å². The van der Waals surface area contributed by atoms with Crippen LogP contribution in [0.5, 0.6) is 5.75 Å². The molecule has 0 unspecified atom stereocenters. The molecule has 2 aromatic rings. The summed E-state index contributed by atoms with van der Waals surface area (Å²) in [7, 11) is 1.65. The molecule has 2 rings (SSSR count). The number of ether oxygens (including phenoxy) is 1. The van der Waals surface area contributed by atoms with E-state index < -0.39 is 5.82 Å². The number of nitrogens with zero attached hydrogens (tertiary/aromatic N) is 4. The molecule has 2 N–H and O–H groups in total. The zero-order chi connectivity index (χ0) is 13.1. The summed E-state index contributed by atoms with van der Waals surface area (Å²) >= 11 is 0. The summed E-state index contributed by atoms with van der Waals surface area (Å²) in [5.74, 6) is 0.0914. The van der Waals surface area contributed by atoms with Crippen molar-refractivity contribution in [2.24, 2.45) is 12.8 Å². The van der Waals surface area contributed by atoms with Gasteiger partial charge in [-0.3, -0.25) is 0 Å². The van der Waals surface area contributed by atoms with E-state index in [4.69, 9.17) is 10.5 Å². The predicted molar refractivity (Wildman–Crippen MR) is 62.1 cm³/mol. The monoisotopic (exact) mass is 251 g/mol. The number of hydrogen-bond donors (Lipinski definition) is 1. The van der Waals surface area contributed by atoms with Crippen molar-refractivity contribution in [3.8, 4) is 5.75 Å². The van der Waals surface area contributed by atoms with Gasteiger partial charge in [-0.15, -0.1) is 10.2 Å². The first kappa shape index (κ1) is 12.4. The molecular weight excluding hydrogens is 237 g/mol. The van der Waals surface area contributed by atoms with E-state index in [2.05, 4.69) is 15.4 Å². The Balaban J connectivity index is 2.05. The van der Waals surface area contributed by atoms with Crippen LogP contribution in [0.4, 0.5) is 4.39 Å². The first-order valence-electron chi connectivity index (χ1n) is 5.47. The van der Waals surface area contributed by atoms with Gasteiger partial charge in [-0.25, -0.2) is 4.39 Å². The van der Waals surface area contributed by atoms with Gasteiger partial charge in [0, 0.05) is 6.04 Å². The van der Waals surface area contributed by atoms with Gasteiger partial charge in [0.2, 0.25) is 5.82 Å². The van der Waals surface area contributed by atoms with Crippen molar-refractivity contribution >= 4 is 0 Å². The Labute approximate surface area is 104 Å². The number of hydrogen-bond acceptors (Lipinski definition) is 5. The van der Waals surface area contributed by atoms with Gasteiger partial charge < -0.3 is 10.5 Å². The van der Waals surface area contributed by atoms with Crippen LogP contribution in [0.25, 0.3) is 0 Å². The van der Waals surface area contributed by atoms with Crippen molar-refractivity contribution in [1.82, 2.24) is 20.2 Å². The largest absolute Gasteiger partial charge is 0.482 e. The smallest absolute Gasteiger partial charge is 0.212 e. The summed E-state index contributed by atoms with van der Waals surface area (Å²) in [5, 5.41) is 11.3. The van der Waals surface area contributed by atoms with Crippen LogP contribution >= 0.6 is 0 Å². The molecule has 0 saturated carbocycles. The van der Waals surface area contributed by atoms with E-state index in [0.717, 1.165) is 5.56 Å². The van der Waals surface area contributed by atoms with E-state index in [9.17, 15) is 4.39 Å². The molecular formula is C11H14FN5O. The Hall–Kier alpha value is -2.02. The van der Waals surface area contributed by atoms with Crippen LogP contribution in [0.3, 0.4) is 0 Å². The minimum Gasteiger partial charge on any atom is -0.482 e. The van der Waals surface area contributed by atoms with Gasteiger partial charge in [-0.1, -0.05) is 6.07 Å². The number of aryl methyl sites for hydroxylation is 1. The highest BCUT2D eigenvalue weighted by Crippen LogP contribution is 2.21. The molecule has 0 bridgehead atoms. The zero-order valence-electron chi connectivity index (χ0n) is 10.2. The number of benzene rings is 1. The summed E-state index contributed by atoms with van der Waals surface area (Å²) in [6.45, 7) is 1.86. The first-order valence-corrected chi connectivity index (χ1v) is 5.47. The quantitative estimate of drug-likeness (QED) is 0.875. The van der Waals surface area contributed by atoms with Crippen LogP contribution in [0.15, 0.2) is 18.2 Å². The van der Waals surface area contributed by atoms with Crippen LogP contribution in [0.1, 0.15) is 24.4 Å². The van der Waals surface area contributed by atoms with Gasteiger partial charge in [0.1, 0.15) is 0 Å². The van der Waals surface area contributed by atoms with Crippen molar-refractivity contribution in [3.63, 3.8) is 0 Å². The van der Waals surface area contributed by atoms with E-state index in [1.54, 1.807) is 26.1 Å². The van der Waals surface area contributed by atoms with Crippen molar-refractivity contribution in [3.05, 3.63) is 35.4 Å². The van der Waals surface area contributed by atoms with Gasteiger partial charge >= 0.3 is 0 Å². The normalized spacial score (nSPS) is 12.4. The number of rotatable bonds is 4. The highest BCUT2D eigenvalue weighted by Gasteiger charge is 2.09. The van der Waals surface area contributed by atoms with Crippen LogP contribution < -0.4 is 10.5 Å². The number of tetrazole rings is 1. The third kappa shape index (κ3) is 2.80. The van der Waals surface area contributed by atoms with Crippen LogP contribution in [-0.4, -0.2) is 20.2 Å². The lowest BCUT2D eigenvalue weighted by Gasteiger charge is -2.09. The Morgan fingerprint density at radius 3 is 2.83 bits per heavy atom. The van der Waals surface area contributed by atoms with Crippen molar-refractivity contribution in [1.29, 1.82) is 0 Å². The Bertz CT molecular complexity index is 540. The average Bonchev–Trinajstić information content (AvgIpc) is 2.73. The fourth-order valence-corrected chi connectivity index (χ4v) is 1.44. The molecule has 6 nitrogen and oxygen atoms in total. The van der Waals surface area contributed by atoms with E-state index in [-0.39, 0.29) is 18.4 Å². The lowest BCUT2D eigenvalue weighted by molar-refractivity contribution is 0.280. The van der Waals surface area contributed by atoms with Gasteiger partial charge in [0.05, 0.1) is 7.05 Å². The Morgan fingerprint density at radius 1 is 1.50 bits per heavy atom. The fraction of sp³-hybridized carbons (Fsp3) is 0.364. The maximum atomic E-state index is 13.7. The maximum absolute atomic E-state index is 13.7. The molecule has 1 aromatic carbocycles. The third-order valence-corrected chi connectivity index (χ3v) is 2.39. The highest BCUT2D eigenvalue weighted by molar-refractivity contribution is 5.30. The molecule has 0 aliphatic heterocycles. The molecule has 0 aliphatic rings. The Kier molecular flexibility index (Phi) is 3.52. The molecule has 18 heavy (non-hydrogen) atoms. The van der Waals surface area contributed by atoms with E-state index >= 15 is 0 Å². The van der Waals surface area contributed by atoms with Gasteiger partial charge in [-0.2, -0.15) is 4.80 Å². The predicted octanol–water partition coefficient (Wildman–Crippen LogP) is 0.948. The van der Waals surface area contributed by atoms with Crippen molar-refractivity contribution in [2.75, 3.05) is 0 Å². The second kappa shape index (κ2) is 5.09. The molecule has 7 heteroatoms. The molecule has 0 saturated heterocycles. The van der Waals surface area contributed by atoms with Crippen LogP contribution in [-0.2, 0) is 13.7 Å². The maximum Gasteiger partial charge on any atom is 0.212 e. The minimum absolute atomic E-state index is 0.0717. The summed E-state index contributed by atoms with van der Waals surface area (Å²) in [6, 6.07) is 4.43. The highest BCUT2D eigenvalue weighted by atomic mass is 19.1. The summed E-state index contributed by atoms with van der Waals surface area (Å²) in [6.07, 6.45) is 0. The van der Waals surface area contributed by atoms with Crippen LogP contribution in [0.2, 0.25) is 0 Å². The first-order chi connectivity index (χ1) is 8.56. The number of nitrogens with two attached hydrogens (primary N) is 1. The van der Waals surface area contributed by atoms with Gasteiger partial charge in [0.15, 0.2) is 18.2 Å². The lowest BCUT2D eigenvalue weighted by Crippen LogP contribution is -2.06. The zero-order valence-corrected chi connectivity index (χ0v) is 10.2. The molecule has 0 spiro atoms. The van der Waals surface area contributed by atoms with Crippen LogP contribution in [0, 0.1) is 5.82 Å². The standard InChI is InChI=1S/C11H14FN5O/c1-7(13)8-3-4-10(9(12)5-8)18-6-11-14-16-17(2)15-11/h3-5,7H,6,13H2,1-2H3/t7-/m1/s1. The fourth-order valence-electron chi connectivity index (χ4n) is 1.44. The summed E-state index contributed by atoms with van der Waals surface area (Å²) < 4.78 is 19.0. The molecule has 0 amide bonds. The molecule has 1 heterocycles. The van der Waals surface area contributed by atoms with Crippen molar-refractivity contribution in [2.45, 2.75) is 19.6 Å². The van der Waals surface area contributed by atoms with E-state index in [1.807, 2.05) is 0 Å². The molecule has 96 valence electrons. The van der Waals surface area contributed by atoms with Gasteiger partial charge in [0.25, 0.3) is 0 Å². The third-order valence-electron chi connectivity index (χ3n) is 2.39. The van der Waals surface area contributed by atoms with Gasteiger partial charge in [-0.05, 0) is 29.8 Å². The second-order valence-corrected chi connectivity index (χ2v) is 3.96. The molecule has 0 aliphatic carbocycles. The molecule has 0 radical (unpaired) electrons. The minimum atomic E-state index is -0.450. The molecule has 1 atom stereocenters. The van der Waals surface area contributed by atoms with E-state index in [1.165, 1.54) is 10.9 Å². The summed E-state index contributed by atoms with van der Waals surface area (Å²) in [4.78, 5) is 1.31. The SMILES string of the molecule is C[C@@H](N)c1ccc(OCc2nnn(C)n2)c(F)c1. The second-order valence-electron chi connectivity index (χ2n) is 3.96. The number of aromatic nitrogens is 4. The average molecular weight is 251 g/mol. The van der Waals surface area contributed by atoms with Crippen molar-refractivity contribution < 1.29 is 9.13 Å².